The second kappa shape index (κ2) is 3.72. The lowest BCUT2D eigenvalue weighted by Gasteiger charge is -2.27. The second-order valence-electron chi connectivity index (χ2n) is 3.01. The second-order valence-corrected chi connectivity index (χ2v) is 3.01. The van der Waals surface area contributed by atoms with Gasteiger partial charge >= 0.3 is 0 Å². The van der Waals surface area contributed by atoms with Gasteiger partial charge in [0, 0.05) is 13.2 Å². The van der Waals surface area contributed by atoms with Crippen LogP contribution in [0.1, 0.15) is 26.2 Å². The Labute approximate surface area is 67.1 Å². The molecule has 1 amide bonds. The Morgan fingerprint density at radius 3 is 2.64 bits per heavy atom. The van der Waals surface area contributed by atoms with Gasteiger partial charge in [-0.3, -0.25) is 4.79 Å². The molecule has 1 atom stereocenters. The van der Waals surface area contributed by atoms with Crippen LogP contribution in [0.3, 0.4) is 0 Å². The Kier molecular flexibility index (Phi) is 2.88. The first-order chi connectivity index (χ1) is 5.24. The van der Waals surface area contributed by atoms with Gasteiger partial charge in [-0.05, 0) is 26.2 Å². The van der Waals surface area contributed by atoms with Gasteiger partial charge < -0.3 is 10.1 Å². The first-order valence-electron chi connectivity index (χ1n) is 4.07. The van der Waals surface area contributed by atoms with Gasteiger partial charge in [-0.1, -0.05) is 0 Å². The van der Waals surface area contributed by atoms with E-state index in [2.05, 4.69) is 5.32 Å². The highest BCUT2D eigenvalue weighted by atomic mass is 16.5. The van der Waals surface area contributed by atoms with Crippen LogP contribution in [0.15, 0.2) is 0 Å². The lowest BCUT2D eigenvalue weighted by Crippen LogP contribution is -2.44. The van der Waals surface area contributed by atoms with E-state index in [-0.39, 0.29) is 12.0 Å². The maximum atomic E-state index is 11.1. The Balaban J connectivity index is 2.19. The lowest BCUT2D eigenvalue weighted by molar-refractivity contribution is -0.131. The summed E-state index contributed by atoms with van der Waals surface area (Å²) in [6, 6.07) is 0.417. The molecule has 1 saturated carbocycles. The van der Waals surface area contributed by atoms with E-state index in [1.165, 1.54) is 6.42 Å². The third-order valence-corrected chi connectivity index (χ3v) is 2.17. The summed E-state index contributed by atoms with van der Waals surface area (Å²) >= 11 is 0. The fourth-order valence-electron chi connectivity index (χ4n) is 0.978. The summed E-state index contributed by atoms with van der Waals surface area (Å²) < 4.78 is 4.87. The highest BCUT2D eigenvalue weighted by molar-refractivity contribution is 5.80. The van der Waals surface area contributed by atoms with Crippen molar-refractivity contribution in [3.63, 3.8) is 0 Å². The van der Waals surface area contributed by atoms with Crippen LogP contribution >= 0.6 is 0 Å². The molecular formula is C8H15NO2. The number of hydrogen-bond acceptors (Lipinski definition) is 2. The van der Waals surface area contributed by atoms with Crippen LogP contribution < -0.4 is 5.32 Å². The van der Waals surface area contributed by atoms with E-state index in [0.717, 1.165) is 12.8 Å². The van der Waals surface area contributed by atoms with Crippen molar-refractivity contribution in [2.75, 3.05) is 7.11 Å². The van der Waals surface area contributed by atoms with Crippen molar-refractivity contribution >= 4 is 5.91 Å². The standard InChI is InChI=1S/C8H15NO2/c1-6(11-2)8(10)9-7-4-3-5-7/h6-7H,3-5H2,1-2H3,(H,9,10). The van der Waals surface area contributed by atoms with Crippen LogP contribution in [0.25, 0.3) is 0 Å². The normalized spacial score (nSPS) is 20.5. The molecule has 1 unspecified atom stereocenters. The lowest BCUT2D eigenvalue weighted by atomic mass is 9.93. The van der Waals surface area contributed by atoms with Crippen LogP contribution in [0.2, 0.25) is 0 Å². The molecule has 0 aliphatic heterocycles. The van der Waals surface area contributed by atoms with Gasteiger partial charge in [-0.15, -0.1) is 0 Å². The number of nitrogens with one attached hydrogen (secondary N) is 1. The maximum absolute atomic E-state index is 11.1. The van der Waals surface area contributed by atoms with Crippen molar-refractivity contribution in [3.8, 4) is 0 Å². The molecule has 0 spiro atoms. The monoisotopic (exact) mass is 157 g/mol. The highest BCUT2D eigenvalue weighted by Gasteiger charge is 2.21. The molecule has 0 heterocycles. The molecule has 0 aromatic heterocycles. The topological polar surface area (TPSA) is 38.3 Å². The smallest absolute Gasteiger partial charge is 0.249 e. The van der Waals surface area contributed by atoms with E-state index in [0.29, 0.717) is 6.04 Å². The van der Waals surface area contributed by atoms with Crippen LogP contribution in [-0.4, -0.2) is 25.2 Å². The van der Waals surface area contributed by atoms with Crippen LogP contribution in [0, 0.1) is 0 Å². The number of methoxy groups -OCH3 is 1. The predicted octanol–water partition coefficient (Wildman–Crippen LogP) is 0.690. The molecule has 3 heteroatoms. The van der Waals surface area contributed by atoms with Gasteiger partial charge in [0.1, 0.15) is 6.10 Å². The van der Waals surface area contributed by atoms with Crippen molar-refractivity contribution < 1.29 is 9.53 Å². The number of carbonyl (C=O) groups excluding carboxylic acids is 1. The number of amides is 1. The van der Waals surface area contributed by atoms with Gasteiger partial charge in [0.2, 0.25) is 5.91 Å². The molecule has 0 aromatic carbocycles. The third kappa shape index (κ3) is 2.19. The molecule has 0 saturated heterocycles. The third-order valence-electron chi connectivity index (χ3n) is 2.17. The van der Waals surface area contributed by atoms with Gasteiger partial charge in [-0.2, -0.15) is 0 Å². The molecule has 64 valence electrons. The zero-order chi connectivity index (χ0) is 8.27. The van der Waals surface area contributed by atoms with Crippen molar-refractivity contribution in [1.82, 2.24) is 5.32 Å². The summed E-state index contributed by atoms with van der Waals surface area (Å²) in [6.07, 6.45) is 3.19. The molecule has 0 radical (unpaired) electrons. The molecule has 3 nitrogen and oxygen atoms in total. The summed E-state index contributed by atoms with van der Waals surface area (Å²) in [6.45, 7) is 1.76. The van der Waals surface area contributed by atoms with E-state index in [9.17, 15) is 4.79 Å². The van der Waals surface area contributed by atoms with Gasteiger partial charge in [0.15, 0.2) is 0 Å². The zero-order valence-electron chi connectivity index (χ0n) is 7.09. The van der Waals surface area contributed by atoms with E-state index < -0.39 is 0 Å². The molecule has 0 aromatic rings. The first-order valence-corrected chi connectivity index (χ1v) is 4.07. The summed E-state index contributed by atoms with van der Waals surface area (Å²) in [5, 5.41) is 2.90. The first kappa shape index (κ1) is 8.53. The minimum atomic E-state index is -0.310. The fourth-order valence-corrected chi connectivity index (χ4v) is 0.978. The van der Waals surface area contributed by atoms with Gasteiger partial charge in [-0.25, -0.2) is 0 Å². The predicted molar refractivity (Wildman–Crippen MR) is 42.3 cm³/mol. The minimum absolute atomic E-state index is 0.0113. The Morgan fingerprint density at radius 2 is 2.27 bits per heavy atom. The zero-order valence-corrected chi connectivity index (χ0v) is 7.09. The molecule has 11 heavy (non-hydrogen) atoms. The van der Waals surface area contributed by atoms with Crippen LogP contribution in [0.4, 0.5) is 0 Å². The van der Waals surface area contributed by atoms with Crippen molar-refractivity contribution in [3.05, 3.63) is 0 Å². The number of rotatable bonds is 3. The van der Waals surface area contributed by atoms with Crippen molar-refractivity contribution in [1.29, 1.82) is 0 Å². The molecule has 0 bridgehead atoms. The summed E-state index contributed by atoms with van der Waals surface area (Å²) in [4.78, 5) is 11.1. The molecule has 1 N–H and O–H groups in total. The Bertz CT molecular complexity index is 143. The van der Waals surface area contributed by atoms with Crippen LogP contribution in [0.5, 0.6) is 0 Å². The number of carbonyl (C=O) groups is 1. The van der Waals surface area contributed by atoms with E-state index in [4.69, 9.17) is 4.74 Å². The fraction of sp³-hybridized carbons (Fsp3) is 0.875. The Hall–Kier alpha value is -0.570. The van der Waals surface area contributed by atoms with Crippen LogP contribution in [-0.2, 0) is 9.53 Å². The quantitative estimate of drug-likeness (QED) is 0.654. The number of hydrogen-bond donors (Lipinski definition) is 1. The average Bonchev–Trinajstić information content (AvgIpc) is 1.94. The highest BCUT2D eigenvalue weighted by Crippen LogP contribution is 2.17. The van der Waals surface area contributed by atoms with Crippen molar-refractivity contribution in [2.24, 2.45) is 0 Å². The molecule has 1 rings (SSSR count). The Morgan fingerprint density at radius 1 is 1.64 bits per heavy atom. The van der Waals surface area contributed by atoms with Gasteiger partial charge in [0.05, 0.1) is 0 Å². The summed E-state index contributed by atoms with van der Waals surface area (Å²) in [7, 11) is 1.55. The summed E-state index contributed by atoms with van der Waals surface area (Å²) in [5.74, 6) is 0.0113. The molecule has 1 aliphatic rings. The largest absolute Gasteiger partial charge is 0.372 e. The SMILES string of the molecule is COC(C)C(=O)NC1CCC1. The van der Waals surface area contributed by atoms with E-state index >= 15 is 0 Å². The molecule has 1 fully saturated rings. The minimum Gasteiger partial charge on any atom is -0.372 e. The van der Waals surface area contributed by atoms with Gasteiger partial charge in [0.25, 0.3) is 0 Å². The van der Waals surface area contributed by atoms with E-state index in [1.807, 2.05) is 0 Å². The molecule has 1 aliphatic carbocycles. The molecular weight excluding hydrogens is 142 g/mol. The average molecular weight is 157 g/mol. The number of ether oxygens (including phenoxy) is 1. The van der Waals surface area contributed by atoms with E-state index in [1.54, 1.807) is 14.0 Å². The van der Waals surface area contributed by atoms with Crippen molar-refractivity contribution in [2.45, 2.75) is 38.3 Å². The maximum Gasteiger partial charge on any atom is 0.249 e. The summed E-state index contributed by atoms with van der Waals surface area (Å²) in [5.41, 5.74) is 0.